The molecule has 2 aromatic carbocycles. The van der Waals surface area contributed by atoms with E-state index in [1.165, 1.54) is 0 Å². The van der Waals surface area contributed by atoms with Crippen LogP contribution < -0.4 is 14.8 Å². The number of rotatable bonds is 8. The highest BCUT2D eigenvalue weighted by molar-refractivity contribution is 7.91. The van der Waals surface area contributed by atoms with Crippen LogP contribution in [0, 0.1) is 0 Å². The van der Waals surface area contributed by atoms with Gasteiger partial charge in [0.25, 0.3) is 15.9 Å². The maximum Gasteiger partial charge on any atom is 0.270 e. The highest BCUT2D eigenvalue weighted by Crippen LogP contribution is 2.26. The number of hydrogen-bond acceptors (Lipinski definition) is 7. The molecule has 1 amide bonds. The molecule has 0 aliphatic heterocycles. The van der Waals surface area contributed by atoms with Crippen molar-refractivity contribution in [3.8, 4) is 5.75 Å². The first-order valence-electron chi connectivity index (χ1n) is 8.89. The van der Waals surface area contributed by atoms with Crippen molar-refractivity contribution in [3.05, 3.63) is 64.7 Å². The van der Waals surface area contributed by atoms with Crippen molar-refractivity contribution >= 4 is 44.0 Å². The third-order valence-electron chi connectivity index (χ3n) is 4.20. The van der Waals surface area contributed by atoms with E-state index in [1.807, 2.05) is 6.92 Å². The van der Waals surface area contributed by atoms with Gasteiger partial charge < -0.3 is 4.74 Å². The minimum absolute atomic E-state index is 0.0535. The Bertz CT molecular complexity index is 1130. The van der Waals surface area contributed by atoms with Crippen LogP contribution in [0.25, 0.3) is 0 Å². The van der Waals surface area contributed by atoms with Gasteiger partial charge in [0.15, 0.2) is 0 Å². The first-order valence-corrected chi connectivity index (χ1v) is 11.6. The van der Waals surface area contributed by atoms with Gasteiger partial charge in [-0.05, 0) is 36.2 Å². The Morgan fingerprint density at radius 1 is 1.17 bits per heavy atom. The maximum atomic E-state index is 12.8. The third-order valence-corrected chi connectivity index (χ3v) is 7.21. The summed E-state index contributed by atoms with van der Waals surface area (Å²) in [7, 11) is -2.37. The zero-order chi connectivity index (χ0) is 21.7. The topological polar surface area (TPSA) is 110 Å². The molecule has 0 spiro atoms. The van der Waals surface area contributed by atoms with Crippen molar-refractivity contribution in [2.45, 2.75) is 23.7 Å². The molecule has 0 bridgehead atoms. The second-order valence-corrected chi connectivity index (χ2v) is 9.43. The average Bonchev–Trinajstić information content (AvgIpc) is 3.22. The molecule has 0 fully saturated rings. The molecule has 3 aromatic rings. The van der Waals surface area contributed by atoms with E-state index < -0.39 is 22.0 Å². The Morgan fingerprint density at radius 3 is 2.50 bits per heavy atom. The quantitative estimate of drug-likeness (QED) is 0.487. The molecular weight excluding hydrogens is 448 g/mol. The number of benzene rings is 2. The maximum absolute atomic E-state index is 12.8. The van der Waals surface area contributed by atoms with Gasteiger partial charge in [0.05, 0.1) is 17.7 Å². The Kier molecular flexibility index (Phi) is 7.03. The fraction of sp³-hybridized carbons (Fsp3) is 0.211. The SMILES string of the molecule is CC[C@H](NS(=O)(=O)c1nnc(NC(=O)c2ccccc2Cl)s1)c1ccc(OC)cc1. The van der Waals surface area contributed by atoms with Gasteiger partial charge in [-0.15, -0.1) is 10.2 Å². The summed E-state index contributed by atoms with van der Waals surface area (Å²) < 4.78 is 33.0. The Labute approximate surface area is 183 Å². The Balaban J connectivity index is 1.74. The molecule has 158 valence electrons. The van der Waals surface area contributed by atoms with Gasteiger partial charge in [0, 0.05) is 6.04 Å². The lowest BCUT2D eigenvalue weighted by molar-refractivity contribution is 0.102. The summed E-state index contributed by atoms with van der Waals surface area (Å²) in [5, 5.41) is 10.3. The number of nitrogens with zero attached hydrogens (tertiary/aromatic N) is 2. The number of carbonyl (C=O) groups is 1. The van der Waals surface area contributed by atoms with Crippen LogP contribution in [0.15, 0.2) is 52.9 Å². The predicted molar refractivity (Wildman–Crippen MR) is 116 cm³/mol. The van der Waals surface area contributed by atoms with Crippen LogP contribution >= 0.6 is 22.9 Å². The van der Waals surface area contributed by atoms with Crippen LogP contribution in [0.5, 0.6) is 5.75 Å². The lowest BCUT2D eigenvalue weighted by atomic mass is 10.1. The Morgan fingerprint density at radius 2 is 1.87 bits per heavy atom. The van der Waals surface area contributed by atoms with Crippen molar-refractivity contribution in [3.63, 3.8) is 0 Å². The molecule has 0 saturated carbocycles. The second kappa shape index (κ2) is 9.52. The van der Waals surface area contributed by atoms with Crippen LogP contribution in [0.3, 0.4) is 0 Å². The molecule has 30 heavy (non-hydrogen) atoms. The van der Waals surface area contributed by atoms with Gasteiger partial charge in [-0.25, -0.2) is 13.1 Å². The zero-order valence-corrected chi connectivity index (χ0v) is 18.5. The number of amides is 1. The second-order valence-electron chi connectivity index (χ2n) is 6.16. The molecule has 0 saturated heterocycles. The first-order chi connectivity index (χ1) is 14.3. The number of carbonyl (C=O) groups excluding carboxylic acids is 1. The van der Waals surface area contributed by atoms with Gasteiger partial charge in [-0.3, -0.25) is 10.1 Å². The summed E-state index contributed by atoms with van der Waals surface area (Å²) in [6.07, 6.45) is 0.528. The van der Waals surface area contributed by atoms with Gasteiger partial charge >= 0.3 is 0 Å². The summed E-state index contributed by atoms with van der Waals surface area (Å²) >= 11 is 6.76. The molecule has 3 rings (SSSR count). The van der Waals surface area contributed by atoms with Crippen LogP contribution in [0.4, 0.5) is 5.13 Å². The lowest BCUT2D eigenvalue weighted by Crippen LogP contribution is -2.28. The molecule has 0 aliphatic rings. The molecule has 0 aliphatic carbocycles. The number of methoxy groups -OCH3 is 1. The summed E-state index contributed by atoms with van der Waals surface area (Å²) in [5.41, 5.74) is 1.04. The van der Waals surface area contributed by atoms with E-state index in [4.69, 9.17) is 16.3 Å². The third kappa shape index (κ3) is 5.14. The van der Waals surface area contributed by atoms with Gasteiger partial charge in [-0.1, -0.05) is 54.1 Å². The molecule has 0 radical (unpaired) electrons. The number of ether oxygens (including phenoxy) is 1. The molecule has 11 heteroatoms. The number of aromatic nitrogens is 2. The largest absolute Gasteiger partial charge is 0.497 e. The standard InChI is InChI=1S/C19H19ClN4O4S2/c1-3-16(12-8-10-13(28-2)11-9-12)24-30(26,27)19-23-22-18(29-19)21-17(25)14-6-4-5-7-15(14)20/h4-11,16,24H,3H2,1-2H3,(H,21,22,25)/t16-/m0/s1. The van der Waals surface area contributed by atoms with Crippen LogP contribution in [0.1, 0.15) is 35.3 Å². The molecule has 1 aromatic heterocycles. The van der Waals surface area contributed by atoms with Crippen molar-refractivity contribution < 1.29 is 17.9 Å². The number of hydrogen-bond donors (Lipinski definition) is 2. The molecule has 1 atom stereocenters. The molecule has 0 unspecified atom stereocenters. The monoisotopic (exact) mass is 466 g/mol. The van der Waals surface area contributed by atoms with Crippen LogP contribution in [-0.2, 0) is 10.0 Å². The van der Waals surface area contributed by atoms with E-state index in [1.54, 1.807) is 55.6 Å². The fourth-order valence-electron chi connectivity index (χ4n) is 2.64. The van der Waals surface area contributed by atoms with Crippen molar-refractivity contribution in [2.24, 2.45) is 0 Å². The van der Waals surface area contributed by atoms with Crippen LogP contribution in [-0.4, -0.2) is 31.6 Å². The summed E-state index contributed by atoms with van der Waals surface area (Å²) in [5.74, 6) is 0.179. The first kappa shape index (κ1) is 22.2. The molecule has 2 N–H and O–H groups in total. The minimum atomic E-state index is -3.94. The van der Waals surface area contributed by atoms with E-state index in [0.717, 1.165) is 16.9 Å². The van der Waals surface area contributed by atoms with E-state index in [9.17, 15) is 13.2 Å². The average molecular weight is 467 g/mol. The number of anilines is 1. The lowest BCUT2D eigenvalue weighted by Gasteiger charge is -2.16. The minimum Gasteiger partial charge on any atom is -0.497 e. The van der Waals surface area contributed by atoms with E-state index in [2.05, 4.69) is 20.2 Å². The fourth-order valence-corrected chi connectivity index (χ4v) is 5.08. The molecule has 8 nitrogen and oxygen atoms in total. The smallest absolute Gasteiger partial charge is 0.270 e. The van der Waals surface area contributed by atoms with E-state index >= 15 is 0 Å². The number of halogens is 1. The summed E-state index contributed by atoms with van der Waals surface area (Å²) in [4.78, 5) is 12.3. The Hall–Kier alpha value is -2.53. The zero-order valence-electron chi connectivity index (χ0n) is 16.1. The normalized spacial score (nSPS) is 12.4. The highest BCUT2D eigenvalue weighted by atomic mass is 35.5. The van der Waals surface area contributed by atoms with E-state index in [0.29, 0.717) is 12.2 Å². The highest BCUT2D eigenvalue weighted by Gasteiger charge is 2.25. The molecule has 1 heterocycles. The van der Waals surface area contributed by atoms with Gasteiger partial charge in [0.1, 0.15) is 5.75 Å². The predicted octanol–water partition coefficient (Wildman–Crippen LogP) is 3.88. The van der Waals surface area contributed by atoms with Crippen LogP contribution in [0.2, 0.25) is 5.02 Å². The van der Waals surface area contributed by atoms with Crippen molar-refractivity contribution in [2.75, 3.05) is 12.4 Å². The molecular formula is C19H19ClN4O4S2. The van der Waals surface area contributed by atoms with E-state index in [-0.39, 0.29) is 20.1 Å². The van der Waals surface area contributed by atoms with Crippen molar-refractivity contribution in [1.29, 1.82) is 0 Å². The number of sulfonamides is 1. The number of nitrogens with one attached hydrogen (secondary N) is 2. The summed E-state index contributed by atoms with van der Waals surface area (Å²) in [6.45, 7) is 1.87. The summed E-state index contributed by atoms with van der Waals surface area (Å²) in [6, 6.07) is 13.2. The van der Waals surface area contributed by atoms with Gasteiger partial charge in [0.2, 0.25) is 9.47 Å². The van der Waals surface area contributed by atoms with Crippen molar-refractivity contribution in [1.82, 2.24) is 14.9 Å². The van der Waals surface area contributed by atoms with Gasteiger partial charge in [-0.2, -0.15) is 0 Å².